The second-order valence-electron chi connectivity index (χ2n) is 8.93. The second kappa shape index (κ2) is 9.04. The van der Waals surface area contributed by atoms with Crippen LogP contribution in [0.1, 0.15) is 36.2 Å². The standard InChI is InChI=1S/C22H21ClF4N6O3/c23-15-9-13(24)1-2-14(15)21(3-4-21)20-28-19(36-30-20)16-10-17(22(25,26)27)33(29-16)11-18(35)32-7-5-31(12-34)6-8-32/h1-2,9-10,12,16,29H,3-8,11H2. The van der Waals surface area contributed by atoms with Crippen LogP contribution >= 0.6 is 11.6 Å². The fraction of sp³-hybridized carbons (Fsp3) is 0.455. The lowest BCUT2D eigenvalue weighted by Crippen LogP contribution is -2.52. The zero-order chi connectivity index (χ0) is 25.7. The molecule has 1 saturated heterocycles. The predicted octanol–water partition coefficient (Wildman–Crippen LogP) is 2.55. The van der Waals surface area contributed by atoms with Gasteiger partial charge in [-0.1, -0.05) is 22.8 Å². The van der Waals surface area contributed by atoms with E-state index in [1.54, 1.807) is 6.07 Å². The Hall–Kier alpha value is -3.19. The van der Waals surface area contributed by atoms with Crippen LogP contribution in [0, 0.1) is 5.82 Å². The lowest BCUT2D eigenvalue weighted by atomic mass is 9.95. The molecule has 0 bridgehead atoms. The first-order valence-corrected chi connectivity index (χ1v) is 11.6. The Kier molecular flexibility index (Phi) is 6.15. The van der Waals surface area contributed by atoms with E-state index >= 15 is 0 Å². The van der Waals surface area contributed by atoms with E-state index in [4.69, 9.17) is 16.1 Å². The van der Waals surface area contributed by atoms with Gasteiger partial charge in [-0.05, 0) is 36.6 Å². The highest BCUT2D eigenvalue weighted by molar-refractivity contribution is 6.31. The number of amides is 2. The van der Waals surface area contributed by atoms with Crippen molar-refractivity contribution in [2.45, 2.75) is 30.5 Å². The Labute approximate surface area is 207 Å². The first-order chi connectivity index (χ1) is 17.1. The summed E-state index contributed by atoms with van der Waals surface area (Å²) in [6.45, 7) is 0.538. The fourth-order valence-electron chi connectivity index (χ4n) is 4.51. The van der Waals surface area contributed by atoms with Gasteiger partial charge in [-0.15, -0.1) is 0 Å². The number of allylic oxidation sites excluding steroid dienone is 1. The minimum atomic E-state index is -4.74. The van der Waals surface area contributed by atoms with E-state index in [1.165, 1.54) is 21.9 Å². The summed E-state index contributed by atoms with van der Waals surface area (Å²) in [5, 5.41) is 4.91. The number of halogens is 5. The molecule has 1 N–H and O–H groups in total. The summed E-state index contributed by atoms with van der Waals surface area (Å²) in [4.78, 5) is 30.8. The molecule has 0 spiro atoms. The first kappa shape index (κ1) is 24.5. The average molecular weight is 529 g/mol. The van der Waals surface area contributed by atoms with Crippen LogP contribution in [-0.4, -0.2) is 76.2 Å². The Morgan fingerprint density at radius 1 is 1.25 bits per heavy atom. The van der Waals surface area contributed by atoms with Crippen molar-refractivity contribution >= 4 is 23.9 Å². The van der Waals surface area contributed by atoms with Crippen molar-refractivity contribution < 1.29 is 31.7 Å². The van der Waals surface area contributed by atoms with E-state index in [0.29, 0.717) is 37.9 Å². The van der Waals surface area contributed by atoms with Gasteiger partial charge >= 0.3 is 6.18 Å². The number of hydrazine groups is 1. The van der Waals surface area contributed by atoms with Gasteiger partial charge in [0.25, 0.3) is 0 Å². The summed E-state index contributed by atoms with van der Waals surface area (Å²) in [5.41, 5.74) is 1.51. The predicted molar refractivity (Wildman–Crippen MR) is 117 cm³/mol. The molecule has 2 amide bonds. The van der Waals surface area contributed by atoms with Crippen LogP contribution in [0.4, 0.5) is 17.6 Å². The van der Waals surface area contributed by atoms with Crippen molar-refractivity contribution in [3.8, 4) is 0 Å². The number of carbonyl (C=O) groups excluding carboxylic acids is 2. The number of alkyl halides is 3. The third-order valence-electron chi connectivity index (χ3n) is 6.64. The molecule has 1 unspecified atom stereocenters. The molecule has 5 rings (SSSR count). The molecule has 3 heterocycles. The lowest BCUT2D eigenvalue weighted by Gasteiger charge is -2.34. The smallest absolute Gasteiger partial charge is 0.342 e. The molecular weight excluding hydrogens is 508 g/mol. The number of piperazine rings is 1. The molecule has 2 aliphatic heterocycles. The van der Waals surface area contributed by atoms with Crippen LogP contribution in [0.15, 0.2) is 34.5 Å². The van der Waals surface area contributed by atoms with E-state index < -0.39 is 41.6 Å². The van der Waals surface area contributed by atoms with E-state index in [2.05, 4.69) is 15.6 Å². The van der Waals surface area contributed by atoms with Gasteiger partial charge in [0.1, 0.15) is 24.1 Å². The minimum Gasteiger partial charge on any atom is -0.342 e. The monoisotopic (exact) mass is 528 g/mol. The molecule has 1 atom stereocenters. The van der Waals surface area contributed by atoms with E-state index in [0.717, 1.165) is 11.1 Å². The van der Waals surface area contributed by atoms with Crippen LogP contribution in [0.5, 0.6) is 0 Å². The minimum absolute atomic E-state index is 0.106. The fourth-order valence-corrected chi connectivity index (χ4v) is 4.86. The molecular formula is C22H21ClF4N6O3. The van der Waals surface area contributed by atoms with E-state index in [-0.39, 0.29) is 29.8 Å². The molecule has 1 aliphatic carbocycles. The third-order valence-corrected chi connectivity index (χ3v) is 6.96. The van der Waals surface area contributed by atoms with Gasteiger partial charge in [-0.25, -0.2) is 9.82 Å². The van der Waals surface area contributed by atoms with Gasteiger partial charge in [0.2, 0.25) is 18.2 Å². The van der Waals surface area contributed by atoms with E-state index in [1.807, 2.05) is 0 Å². The van der Waals surface area contributed by atoms with Crippen molar-refractivity contribution in [2.24, 2.45) is 0 Å². The highest BCUT2D eigenvalue weighted by atomic mass is 35.5. The summed E-state index contributed by atoms with van der Waals surface area (Å²) in [6.07, 6.45) is -1.93. The van der Waals surface area contributed by atoms with Crippen LogP contribution in [0.2, 0.25) is 5.02 Å². The molecule has 1 aromatic carbocycles. The number of nitrogens with zero attached hydrogens (tertiary/aromatic N) is 5. The van der Waals surface area contributed by atoms with Crippen LogP contribution < -0.4 is 5.43 Å². The quantitative estimate of drug-likeness (QED) is 0.455. The van der Waals surface area contributed by atoms with E-state index in [9.17, 15) is 27.2 Å². The average Bonchev–Trinajstić information content (AvgIpc) is 3.26. The molecule has 192 valence electrons. The Morgan fingerprint density at radius 3 is 2.58 bits per heavy atom. The van der Waals surface area contributed by atoms with Crippen molar-refractivity contribution in [1.29, 1.82) is 0 Å². The molecule has 3 aliphatic rings. The summed E-state index contributed by atoms with van der Waals surface area (Å²) in [5.74, 6) is -0.866. The summed E-state index contributed by atoms with van der Waals surface area (Å²) < 4.78 is 60.1. The normalized spacial score (nSPS) is 21.5. The molecule has 0 radical (unpaired) electrons. The molecule has 1 saturated carbocycles. The molecule has 9 nitrogen and oxygen atoms in total. The second-order valence-corrected chi connectivity index (χ2v) is 9.33. The number of carbonyl (C=O) groups is 2. The van der Waals surface area contributed by atoms with Crippen LogP contribution in [0.25, 0.3) is 0 Å². The van der Waals surface area contributed by atoms with Gasteiger partial charge in [0, 0.05) is 31.2 Å². The number of benzene rings is 1. The summed E-state index contributed by atoms with van der Waals surface area (Å²) in [6, 6.07) is 2.88. The highest BCUT2D eigenvalue weighted by Gasteiger charge is 2.52. The number of aromatic nitrogens is 2. The Bertz CT molecular complexity index is 1210. The van der Waals surface area contributed by atoms with Gasteiger partial charge in [-0.3, -0.25) is 14.6 Å². The Balaban J connectivity index is 1.33. The summed E-state index contributed by atoms with van der Waals surface area (Å²) in [7, 11) is 0. The largest absolute Gasteiger partial charge is 0.432 e. The molecule has 14 heteroatoms. The van der Waals surface area contributed by atoms with Gasteiger partial charge in [0.15, 0.2) is 5.82 Å². The van der Waals surface area contributed by atoms with Crippen molar-refractivity contribution in [3.63, 3.8) is 0 Å². The van der Waals surface area contributed by atoms with Crippen molar-refractivity contribution in [1.82, 2.24) is 30.4 Å². The SMILES string of the molecule is O=CN1CCN(C(=O)CN2NC(c3nc(C4(c5ccc(F)cc5Cl)CC4)no3)C=C2C(F)(F)F)CC1. The van der Waals surface area contributed by atoms with Crippen molar-refractivity contribution in [2.75, 3.05) is 32.7 Å². The lowest BCUT2D eigenvalue weighted by molar-refractivity contribution is -0.139. The first-order valence-electron chi connectivity index (χ1n) is 11.2. The van der Waals surface area contributed by atoms with Crippen LogP contribution in [0.3, 0.4) is 0 Å². The zero-order valence-electron chi connectivity index (χ0n) is 18.8. The maximum absolute atomic E-state index is 13.8. The van der Waals surface area contributed by atoms with Gasteiger partial charge < -0.3 is 14.3 Å². The van der Waals surface area contributed by atoms with Gasteiger partial charge in [0.05, 0.1) is 5.41 Å². The topological polar surface area (TPSA) is 94.8 Å². The molecule has 36 heavy (non-hydrogen) atoms. The third kappa shape index (κ3) is 4.52. The van der Waals surface area contributed by atoms with Crippen LogP contribution in [-0.2, 0) is 15.0 Å². The zero-order valence-corrected chi connectivity index (χ0v) is 19.5. The summed E-state index contributed by atoms with van der Waals surface area (Å²) >= 11 is 6.22. The maximum atomic E-state index is 13.8. The van der Waals surface area contributed by atoms with Gasteiger partial charge in [-0.2, -0.15) is 18.2 Å². The Morgan fingerprint density at radius 2 is 1.97 bits per heavy atom. The number of rotatable bonds is 6. The maximum Gasteiger partial charge on any atom is 0.432 e. The molecule has 1 aromatic heterocycles. The number of hydrogen-bond donors (Lipinski definition) is 1. The number of nitrogens with one attached hydrogen (secondary N) is 1. The van der Waals surface area contributed by atoms with Crippen molar-refractivity contribution in [3.05, 3.63) is 58.1 Å². The molecule has 2 aromatic rings. The highest BCUT2D eigenvalue weighted by Crippen LogP contribution is 2.54. The molecule has 2 fully saturated rings. The number of hydrogen-bond acceptors (Lipinski definition) is 7.